The van der Waals surface area contributed by atoms with Gasteiger partial charge in [0.05, 0.1) is 0 Å². The van der Waals surface area contributed by atoms with E-state index in [1.807, 2.05) is 0 Å². The Labute approximate surface area is 94.5 Å². The SMILES string of the molecule is CC(C)=C1CC(C)(C)CC2=C1CC[C@H]2C. The molecule has 0 saturated heterocycles. The highest BCUT2D eigenvalue weighted by Crippen LogP contribution is 2.50. The fourth-order valence-corrected chi connectivity index (χ4v) is 3.26. The molecular weight excluding hydrogens is 180 g/mol. The molecule has 0 N–H and O–H groups in total. The monoisotopic (exact) mass is 204 g/mol. The van der Waals surface area contributed by atoms with Crippen molar-refractivity contribution in [3.05, 3.63) is 22.3 Å². The molecule has 0 amide bonds. The van der Waals surface area contributed by atoms with Crippen LogP contribution >= 0.6 is 0 Å². The van der Waals surface area contributed by atoms with Crippen LogP contribution in [0.15, 0.2) is 22.3 Å². The van der Waals surface area contributed by atoms with Crippen molar-refractivity contribution < 1.29 is 0 Å². The molecule has 0 aromatic carbocycles. The van der Waals surface area contributed by atoms with Crippen LogP contribution in [0.2, 0.25) is 0 Å². The van der Waals surface area contributed by atoms with E-state index in [9.17, 15) is 0 Å². The molecule has 0 radical (unpaired) electrons. The molecule has 0 saturated carbocycles. The van der Waals surface area contributed by atoms with Crippen molar-refractivity contribution in [2.24, 2.45) is 11.3 Å². The molecule has 1 atom stereocenters. The molecule has 0 spiro atoms. The second kappa shape index (κ2) is 3.50. The average Bonchev–Trinajstić information content (AvgIpc) is 2.45. The van der Waals surface area contributed by atoms with Crippen molar-refractivity contribution in [2.75, 3.05) is 0 Å². The van der Waals surface area contributed by atoms with Crippen LogP contribution in [0.1, 0.15) is 60.3 Å². The topological polar surface area (TPSA) is 0 Å². The lowest BCUT2D eigenvalue weighted by molar-refractivity contribution is 0.337. The van der Waals surface area contributed by atoms with Crippen LogP contribution in [0.25, 0.3) is 0 Å². The average molecular weight is 204 g/mol. The van der Waals surface area contributed by atoms with E-state index in [0.717, 1.165) is 5.92 Å². The number of rotatable bonds is 0. The Kier molecular flexibility index (Phi) is 2.56. The Hall–Kier alpha value is -0.520. The second-order valence-electron chi connectivity index (χ2n) is 6.44. The fraction of sp³-hybridized carbons (Fsp3) is 0.733. The molecule has 0 heteroatoms. The molecule has 0 aliphatic heterocycles. The lowest BCUT2D eigenvalue weighted by Gasteiger charge is -2.35. The van der Waals surface area contributed by atoms with Gasteiger partial charge in [-0.3, -0.25) is 0 Å². The van der Waals surface area contributed by atoms with Gasteiger partial charge in [-0.2, -0.15) is 0 Å². The highest BCUT2D eigenvalue weighted by Gasteiger charge is 2.35. The lowest BCUT2D eigenvalue weighted by atomic mass is 9.70. The van der Waals surface area contributed by atoms with Gasteiger partial charge in [-0.15, -0.1) is 0 Å². The maximum Gasteiger partial charge on any atom is -0.0222 e. The summed E-state index contributed by atoms with van der Waals surface area (Å²) in [6, 6.07) is 0. The van der Waals surface area contributed by atoms with Crippen LogP contribution in [-0.4, -0.2) is 0 Å². The molecule has 0 unspecified atom stereocenters. The minimum absolute atomic E-state index is 0.490. The van der Waals surface area contributed by atoms with Crippen LogP contribution in [0, 0.1) is 11.3 Å². The van der Waals surface area contributed by atoms with Crippen LogP contribution in [0.4, 0.5) is 0 Å². The highest BCUT2D eigenvalue weighted by molar-refractivity contribution is 5.45. The van der Waals surface area contributed by atoms with E-state index in [1.165, 1.54) is 25.7 Å². The van der Waals surface area contributed by atoms with E-state index in [1.54, 1.807) is 22.3 Å². The Morgan fingerprint density at radius 1 is 1.20 bits per heavy atom. The van der Waals surface area contributed by atoms with E-state index in [-0.39, 0.29) is 0 Å². The summed E-state index contributed by atoms with van der Waals surface area (Å²) < 4.78 is 0. The molecule has 0 heterocycles. The zero-order chi connectivity index (χ0) is 11.2. The lowest BCUT2D eigenvalue weighted by Crippen LogP contribution is -2.20. The predicted octanol–water partition coefficient (Wildman–Crippen LogP) is 4.87. The van der Waals surface area contributed by atoms with Crippen molar-refractivity contribution in [2.45, 2.75) is 60.3 Å². The molecule has 2 aliphatic carbocycles. The van der Waals surface area contributed by atoms with Gasteiger partial charge in [0.15, 0.2) is 0 Å². The molecule has 0 bridgehead atoms. The van der Waals surface area contributed by atoms with E-state index in [4.69, 9.17) is 0 Å². The molecule has 2 aliphatic rings. The third-order valence-electron chi connectivity index (χ3n) is 4.10. The summed E-state index contributed by atoms with van der Waals surface area (Å²) >= 11 is 0. The fourth-order valence-electron chi connectivity index (χ4n) is 3.26. The number of hydrogen-bond acceptors (Lipinski definition) is 0. The largest absolute Gasteiger partial charge is 0.0729 e. The van der Waals surface area contributed by atoms with Crippen molar-refractivity contribution in [3.8, 4) is 0 Å². The maximum atomic E-state index is 2.42. The molecule has 0 aromatic heterocycles. The summed E-state index contributed by atoms with van der Waals surface area (Å²) in [4.78, 5) is 0. The Balaban J connectivity index is 2.47. The normalized spacial score (nSPS) is 29.4. The van der Waals surface area contributed by atoms with E-state index < -0.39 is 0 Å². The minimum atomic E-state index is 0.490. The minimum Gasteiger partial charge on any atom is -0.0729 e. The van der Waals surface area contributed by atoms with Gasteiger partial charge in [-0.05, 0) is 62.0 Å². The Bertz CT molecular complexity index is 335. The van der Waals surface area contributed by atoms with Gasteiger partial charge in [0, 0.05) is 0 Å². The molecule has 2 rings (SSSR count). The first-order valence-electron chi connectivity index (χ1n) is 6.29. The Morgan fingerprint density at radius 3 is 2.47 bits per heavy atom. The first-order chi connectivity index (χ1) is 6.91. The zero-order valence-electron chi connectivity index (χ0n) is 10.9. The third kappa shape index (κ3) is 1.91. The summed E-state index contributed by atoms with van der Waals surface area (Å²) in [5.41, 5.74) is 7.24. The van der Waals surface area contributed by atoms with Crippen molar-refractivity contribution in [1.82, 2.24) is 0 Å². The second-order valence-corrected chi connectivity index (χ2v) is 6.44. The van der Waals surface area contributed by atoms with Crippen LogP contribution < -0.4 is 0 Å². The van der Waals surface area contributed by atoms with Gasteiger partial charge in [0.1, 0.15) is 0 Å². The van der Waals surface area contributed by atoms with Gasteiger partial charge < -0.3 is 0 Å². The van der Waals surface area contributed by atoms with Gasteiger partial charge in [0.25, 0.3) is 0 Å². The summed E-state index contributed by atoms with van der Waals surface area (Å²) in [6.07, 6.45) is 5.35. The van der Waals surface area contributed by atoms with Gasteiger partial charge in [-0.25, -0.2) is 0 Å². The smallest absolute Gasteiger partial charge is 0.0222 e. The van der Waals surface area contributed by atoms with Crippen LogP contribution in [-0.2, 0) is 0 Å². The summed E-state index contributed by atoms with van der Waals surface area (Å²) in [5.74, 6) is 0.842. The van der Waals surface area contributed by atoms with Gasteiger partial charge >= 0.3 is 0 Å². The molecule has 0 aromatic rings. The van der Waals surface area contributed by atoms with Crippen LogP contribution in [0.5, 0.6) is 0 Å². The van der Waals surface area contributed by atoms with Gasteiger partial charge in [0.2, 0.25) is 0 Å². The predicted molar refractivity (Wildman–Crippen MR) is 66.8 cm³/mol. The van der Waals surface area contributed by atoms with Crippen molar-refractivity contribution in [1.29, 1.82) is 0 Å². The summed E-state index contributed by atoms with van der Waals surface area (Å²) in [7, 11) is 0. The maximum absolute atomic E-state index is 2.42. The molecule has 84 valence electrons. The summed E-state index contributed by atoms with van der Waals surface area (Å²) in [5, 5.41) is 0. The first-order valence-corrected chi connectivity index (χ1v) is 6.29. The third-order valence-corrected chi connectivity index (χ3v) is 4.10. The zero-order valence-corrected chi connectivity index (χ0v) is 10.9. The van der Waals surface area contributed by atoms with Crippen molar-refractivity contribution in [3.63, 3.8) is 0 Å². The van der Waals surface area contributed by atoms with Gasteiger partial charge in [-0.1, -0.05) is 31.9 Å². The van der Waals surface area contributed by atoms with E-state index in [2.05, 4.69) is 34.6 Å². The van der Waals surface area contributed by atoms with E-state index >= 15 is 0 Å². The number of hydrogen-bond donors (Lipinski definition) is 0. The van der Waals surface area contributed by atoms with Crippen LogP contribution in [0.3, 0.4) is 0 Å². The molecule has 0 fully saturated rings. The summed E-state index contributed by atoms with van der Waals surface area (Å²) in [6.45, 7) is 11.8. The van der Waals surface area contributed by atoms with Crippen molar-refractivity contribution >= 4 is 0 Å². The quantitative estimate of drug-likeness (QED) is 0.528. The molecule has 0 nitrogen and oxygen atoms in total. The standard InChI is InChI=1S/C15H24/c1-10(2)13-8-15(4,5)9-14-11(3)6-7-12(13)14/h11H,6-9H2,1-5H3/t11-/m1/s1. The first kappa shape index (κ1) is 11.0. The Morgan fingerprint density at radius 2 is 1.87 bits per heavy atom. The molecule has 15 heavy (non-hydrogen) atoms. The number of allylic oxidation sites excluding steroid dienone is 4. The molecular formula is C15H24. The highest BCUT2D eigenvalue weighted by atomic mass is 14.4. The van der Waals surface area contributed by atoms with E-state index in [0.29, 0.717) is 5.41 Å².